The fourth-order valence-corrected chi connectivity index (χ4v) is 2.55. The van der Waals surface area contributed by atoms with Crippen molar-refractivity contribution in [3.63, 3.8) is 0 Å². The highest BCUT2D eigenvalue weighted by atomic mass is 16.6. The summed E-state index contributed by atoms with van der Waals surface area (Å²) in [5, 5.41) is 0. The van der Waals surface area contributed by atoms with Gasteiger partial charge in [-0.15, -0.1) is 0 Å². The number of nitrogens with zero attached hydrogens (tertiary/aromatic N) is 1. The molecule has 1 aliphatic rings. The predicted octanol–water partition coefficient (Wildman–Crippen LogP) is 3.39. The smallest absolute Gasteiger partial charge is 0.414 e. The number of carbonyl (C=O) groups is 1. The van der Waals surface area contributed by atoms with Crippen molar-refractivity contribution in [2.24, 2.45) is 5.73 Å². The molecule has 1 aliphatic heterocycles. The number of amides is 1. The maximum absolute atomic E-state index is 12.4. The van der Waals surface area contributed by atoms with Crippen LogP contribution in [0.5, 0.6) is 0 Å². The van der Waals surface area contributed by atoms with E-state index in [-0.39, 0.29) is 12.1 Å². The molecule has 1 aromatic rings. The molecule has 1 heterocycles. The molecular formula is C16H24N2O2. The average molecular weight is 276 g/mol. The van der Waals surface area contributed by atoms with E-state index in [1.54, 1.807) is 4.90 Å². The van der Waals surface area contributed by atoms with E-state index in [0.29, 0.717) is 6.54 Å². The maximum atomic E-state index is 12.4. The van der Waals surface area contributed by atoms with Crippen LogP contribution in [0.4, 0.5) is 10.5 Å². The number of carbonyl (C=O) groups excluding carboxylic acids is 1. The van der Waals surface area contributed by atoms with Crippen LogP contribution in [0.2, 0.25) is 0 Å². The van der Waals surface area contributed by atoms with Gasteiger partial charge in [0.25, 0.3) is 0 Å². The van der Waals surface area contributed by atoms with Crippen LogP contribution in [0.3, 0.4) is 0 Å². The Labute approximate surface area is 120 Å². The summed E-state index contributed by atoms with van der Waals surface area (Å²) in [5.41, 5.74) is 8.69. The third-order valence-electron chi connectivity index (χ3n) is 3.35. The van der Waals surface area contributed by atoms with Crippen LogP contribution < -0.4 is 10.6 Å². The number of para-hydroxylation sites is 1. The highest BCUT2D eigenvalue weighted by Crippen LogP contribution is 2.34. The quantitative estimate of drug-likeness (QED) is 0.855. The van der Waals surface area contributed by atoms with Crippen LogP contribution in [0.15, 0.2) is 18.2 Å². The largest absolute Gasteiger partial charge is 0.443 e. The zero-order valence-electron chi connectivity index (χ0n) is 12.8. The lowest BCUT2D eigenvalue weighted by Crippen LogP contribution is -2.40. The summed E-state index contributed by atoms with van der Waals surface area (Å²) in [6.07, 6.45) is 1.65. The Hall–Kier alpha value is -1.55. The summed E-state index contributed by atoms with van der Waals surface area (Å²) >= 11 is 0. The van der Waals surface area contributed by atoms with E-state index < -0.39 is 5.60 Å². The number of hydrogen-bond acceptors (Lipinski definition) is 3. The van der Waals surface area contributed by atoms with E-state index >= 15 is 0 Å². The first-order chi connectivity index (χ1) is 9.29. The molecule has 0 spiro atoms. The molecule has 2 rings (SSSR count). The topological polar surface area (TPSA) is 55.6 Å². The van der Waals surface area contributed by atoms with Gasteiger partial charge in [0.05, 0.1) is 5.69 Å². The second kappa shape index (κ2) is 5.44. The highest BCUT2D eigenvalue weighted by molar-refractivity contribution is 5.90. The number of hydrogen-bond donors (Lipinski definition) is 1. The van der Waals surface area contributed by atoms with Gasteiger partial charge in [-0.25, -0.2) is 4.79 Å². The maximum Gasteiger partial charge on any atom is 0.414 e. The molecule has 0 unspecified atom stereocenters. The monoisotopic (exact) mass is 276 g/mol. The molecule has 20 heavy (non-hydrogen) atoms. The molecule has 1 aromatic carbocycles. The van der Waals surface area contributed by atoms with Gasteiger partial charge in [-0.3, -0.25) is 4.90 Å². The zero-order valence-corrected chi connectivity index (χ0v) is 12.8. The van der Waals surface area contributed by atoms with Gasteiger partial charge in [-0.05, 0) is 51.7 Å². The lowest BCUT2D eigenvalue weighted by molar-refractivity contribution is 0.0577. The van der Waals surface area contributed by atoms with E-state index in [2.05, 4.69) is 6.07 Å². The number of fused-ring (bicyclic) bond motifs is 1. The van der Waals surface area contributed by atoms with Gasteiger partial charge < -0.3 is 10.5 Å². The second-order valence-electron chi connectivity index (χ2n) is 6.38. The van der Waals surface area contributed by atoms with Crippen molar-refractivity contribution in [1.29, 1.82) is 0 Å². The first-order valence-electron chi connectivity index (χ1n) is 7.17. The molecule has 0 fully saturated rings. The van der Waals surface area contributed by atoms with Gasteiger partial charge in [0.15, 0.2) is 0 Å². The molecule has 1 atom stereocenters. The van der Waals surface area contributed by atoms with Crippen LogP contribution in [-0.2, 0) is 11.2 Å². The molecule has 0 aliphatic carbocycles. The number of aryl methyl sites for hydroxylation is 1. The van der Waals surface area contributed by atoms with Crippen molar-refractivity contribution < 1.29 is 9.53 Å². The van der Waals surface area contributed by atoms with Crippen molar-refractivity contribution in [3.05, 3.63) is 29.3 Å². The van der Waals surface area contributed by atoms with Crippen molar-refractivity contribution in [3.8, 4) is 0 Å². The van der Waals surface area contributed by atoms with E-state index in [9.17, 15) is 4.79 Å². The van der Waals surface area contributed by atoms with Crippen molar-refractivity contribution in [1.82, 2.24) is 0 Å². The van der Waals surface area contributed by atoms with Crippen LogP contribution in [0, 0.1) is 0 Å². The SMILES string of the molecule is C[C@@H](N)c1cccc2c1N(C(=O)OC(C)(C)C)CCC2. The third kappa shape index (κ3) is 3.12. The van der Waals surface area contributed by atoms with Crippen molar-refractivity contribution in [2.75, 3.05) is 11.4 Å². The summed E-state index contributed by atoms with van der Waals surface area (Å²) in [6.45, 7) is 8.27. The predicted molar refractivity (Wildman–Crippen MR) is 80.9 cm³/mol. The Kier molecular flexibility index (Phi) is 4.04. The van der Waals surface area contributed by atoms with Gasteiger partial charge in [-0.2, -0.15) is 0 Å². The lowest BCUT2D eigenvalue weighted by atomic mass is 9.95. The highest BCUT2D eigenvalue weighted by Gasteiger charge is 2.29. The van der Waals surface area contributed by atoms with Gasteiger partial charge in [0, 0.05) is 12.6 Å². The molecule has 0 aromatic heterocycles. The number of anilines is 1. The number of nitrogens with two attached hydrogens (primary N) is 1. The Morgan fingerprint density at radius 3 is 2.70 bits per heavy atom. The second-order valence-corrected chi connectivity index (χ2v) is 6.38. The number of ether oxygens (including phenoxy) is 1. The fraction of sp³-hybridized carbons (Fsp3) is 0.562. The molecule has 110 valence electrons. The van der Waals surface area contributed by atoms with E-state index in [1.165, 1.54) is 5.56 Å². The standard InChI is InChI=1S/C16H24N2O2/c1-11(17)13-9-5-7-12-8-6-10-18(14(12)13)15(19)20-16(2,3)4/h5,7,9,11H,6,8,10,17H2,1-4H3/t11-/m1/s1. The minimum absolute atomic E-state index is 0.104. The molecule has 2 N–H and O–H groups in total. The molecule has 0 radical (unpaired) electrons. The molecule has 0 bridgehead atoms. The van der Waals surface area contributed by atoms with E-state index in [0.717, 1.165) is 24.1 Å². The Balaban J connectivity index is 2.39. The Morgan fingerprint density at radius 2 is 2.10 bits per heavy atom. The molecule has 4 nitrogen and oxygen atoms in total. The van der Waals surface area contributed by atoms with Crippen LogP contribution >= 0.6 is 0 Å². The summed E-state index contributed by atoms with van der Waals surface area (Å²) in [7, 11) is 0. The lowest BCUT2D eigenvalue weighted by Gasteiger charge is -2.34. The average Bonchev–Trinajstić information content (AvgIpc) is 2.35. The summed E-state index contributed by atoms with van der Waals surface area (Å²) in [4.78, 5) is 14.2. The van der Waals surface area contributed by atoms with Crippen LogP contribution in [-0.4, -0.2) is 18.2 Å². The minimum Gasteiger partial charge on any atom is -0.443 e. The molecule has 1 amide bonds. The van der Waals surface area contributed by atoms with Gasteiger partial charge in [0.1, 0.15) is 5.60 Å². The Morgan fingerprint density at radius 1 is 1.40 bits per heavy atom. The summed E-state index contributed by atoms with van der Waals surface area (Å²) in [6, 6.07) is 5.97. The van der Waals surface area contributed by atoms with Gasteiger partial charge in [0.2, 0.25) is 0 Å². The van der Waals surface area contributed by atoms with Gasteiger partial charge in [-0.1, -0.05) is 18.2 Å². The normalized spacial score (nSPS) is 16.6. The van der Waals surface area contributed by atoms with Crippen molar-refractivity contribution in [2.45, 2.75) is 52.2 Å². The number of rotatable bonds is 1. The third-order valence-corrected chi connectivity index (χ3v) is 3.35. The molecule has 0 saturated carbocycles. The molecular weight excluding hydrogens is 252 g/mol. The van der Waals surface area contributed by atoms with Gasteiger partial charge >= 0.3 is 6.09 Å². The summed E-state index contributed by atoms with van der Waals surface area (Å²) in [5.74, 6) is 0. The molecule has 4 heteroatoms. The van der Waals surface area contributed by atoms with E-state index in [1.807, 2.05) is 39.8 Å². The molecule has 0 saturated heterocycles. The van der Waals surface area contributed by atoms with E-state index in [4.69, 9.17) is 10.5 Å². The Bertz CT molecular complexity index is 504. The first-order valence-corrected chi connectivity index (χ1v) is 7.17. The summed E-state index contributed by atoms with van der Waals surface area (Å²) < 4.78 is 5.51. The first kappa shape index (κ1) is 14.9. The minimum atomic E-state index is -0.488. The fourth-order valence-electron chi connectivity index (χ4n) is 2.55. The van der Waals surface area contributed by atoms with Crippen LogP contribution in [0.1, 0.15) is 51.3 Å². The number of benzene rings is 1. The zero-order chi connectivity index (χ0) is 14.9. The van der Waals surface area contributed by atoms with Crippen LogP contribution in [0.25, 0.3) is 0 Å². The van der Waals surface area contributed by atoms with Crippen molar-refractivity contribution >= 4 is 11.8 Å².